The number of Topliss-reactive ketones (excluding diaryl/α,β-unsaturated/α-hetero) is 1. The average Bonchev–Trinajstić information content (AvgIpc) is 2.10. The number of carbonyl (C=O) groups excluding carboxylic acids is 2. The molecular formula is C13H20O3. The lowest BCUT2D eigenvalue weighted by Gasteiger charge is -2.48. The highest BCUT2D eigenvalue weighted by atomic mass is 16.3. The Hall–Kier alpha value is -0.960. The maximum absolute atomic E-state index is 11.5. The Labute approximate surface area is 96.5 Å². The maximum Gasteiger partial charge on any atom is 0.152 e. The Morgan fingerprint density at radius 1 is 1.50 bits per heavy atom. The SMILES string of the molecule is CC(=O)/C=C/[C@]1(O)[C@@H](C)CC(=O)CC1(C)C. The third-order valence-electron chi connectivity index (χ3n) is 3.58. The molecule has 0 heterocycles. The summed E-state index contributed by atoms with van der Waals surface area (Å²) in [5, 5.41) is 10.6. The van der Waals surface area contributed by atoms with Gasteiger partial charge in [0.1, 0.15) is 5.78 Å². The minimum Gasteiger partial charge on any atom is -0.385 e. The van der Waals surface area contributed by atoms with Crippen LogP contribution < -0.4 is 0 Å². The van der Waals surface area contributed by atoms with Gasteiger partial charge in [0.05, 0.1) is 5.60 Å². The summed E-state index contributed by atoms with van der Waals surface area (Å²) in [5.74, 6) is -0.0638. The molecule has 0 radical (unpaired) electrons. The molecule has 0 saturated heterocycles. The number of rotatable bonds is 2. The summed E-state index contributed by atoms with van der Waals surface area (Å²) in [6.45, 7) is 7.03. The highest BCUT2D eigenvalue weighted by molar-refractivity contribution is 5.87. The van der Waals surface area contributed by atoms with Crippen LogP contribution in [0, 0.1) is 11.3 Å². The van der Waals surface area contributed by atoms with Crippen LogP contribution in [0.3, 0.4) is 0 Å². The van der Waals surface area contributed by atoms with Gasteiger partial charge in [0.2, 0.25) is 0 Å². The number of hydrogen-bond acceptors (Lipinski definition) is 3. The zero-order valence-electron chi connectivity index (χ0n) is 10.4. The van der Waals surface area contributed by atoms with E-state index in [1.165, 1.54) is 13.0 Å². The van der Waals surface area contributed by atoms with Crippen LogP contribution in [0.15, 0.2) is 12.2 Å². The van der Waals surface area contributed by atoms with Crippen LogP contribution in [0.4, 0.5) is 0 Å². The van der Waals surface area contributed by atoms with Crippen molar-refractivity contribution in [2.75, 3.05) is 0 Å². The van der Waals surface area contributed by atoms with Crippen LogP contribution in [0.1, 0.15) is 40.5 Å². The summed E-state index contributed by atoms with van der Waals surface area (Å²) in [7, 11) is 0. The topological polar surface area (TPSA) is 54.4 Å². The third kappa shape index (κ3) is 2.24. The molecule has 1 aliphatic carbocycles. The molecule has 16 heavy (non-hydrogen) atoms. The van der Waals surface area contributed by atoms with E-state index >= 15 is 0 Å². The lowest BCUT2D eigenvalue weighted by molar-refractivity contribution is -0.142. The largest absolute Gasteiger partial charge is 0.385 e. The molecule has 1 aliphatic rings. The van der Waals surface area contributed by atoms with Crippen LogP contribution in [0.25, 0.3) is 0 Å². The van der Waals surface area contributed by atoms with Gasteiger partial charge in [0, 0.05) is 18.3 Å². The molecule has 1 rings (SSSR count). The van der Waals surface area contributed by atoms with Crippen molar-refractivity contribution < 1.29 is 14.7 Å². The second-order valence-corrected chi connectivity index (χ2v) is 5.47. The van der Waals surface area contributed by atoms with Crippen molar-refractivity contribution in [2.45, 2.75) is 46.1 Å². The summed E-state index contributed by atoms with van der Waals surface area (Å²) < 4.78 is 0. The molecule has 0 amide bonds. The standard InChI is InChI=1S/C13H20O3/c1-9-7-11(15)8-12(3,4)13(9,16)6-5-10(2)14/h5-6,9,16H,7-8H2,1-4H3/b6-5+/t9-,13-/m0/s1. The quantitative estimate of drug-likeness (QED) is 0.729. The molecule has 3 heteroatoms. The normalized spacial score (nSPS) is 34.3. The molecule has 90 valence electrons. The second kappa shape index (κ2) is 4.13. The van der Waals surface area contributed by atoms with Crippen molar-refractivity contribution in [2.24, 2.45) is 11.3 Å². The lowest BCUT2D eigenvalue weighted by Crippen LogP contribution is -2.53. The molecule has 2 atom stereocenters. The van der Waals surface area contributed by atoms with Crippen molar-refractivity contribution in [3.63, 3.8) is 0 Å². The summed E-state index contributed by atoms with van der Waals surface area (Å²) in [5.41, 5.74) is -1.60. The van der Waals surface area contributed by atoms with E-state index in [1.54, 1.807) is 6.08 Å². The first-order chi connectivity index (χ1) is 7.19. The Morgan fingerprint density at radius 3 is 2.50 bits per heavy atom. The van der Waals surface area contributed by atoms with E-state index in [-0.39, 0.29) is 17.5 Å². The van der Waals surface area contributed by atoms with Crippen molar-refractivity contribution in [3.8, 4) is 0 Å². The number of hydrogen-bond donors (Lipinski definition) is 1. The zero-order valence-corrected chi connectivity index (χ0v) is 10.4. The highest BCUT2D eigenvalue weighted by Crippen LogP contribution is 2.46. The first-order valence-electron chi connectivity index (χ1n) is 5.63. The molecule has 0 spiro atoms. The zero-order chi connectivity index (χ0) is 12.6. The number of allylic oxidation sites excluding steroid dienone is 1. The Morgan fingerprint density at radius 2 is 2.06 bits per heavy atom. The molecule has 1 fully saturated rings. The first-order valence-corrected chi connectivity index (χ1v) is 5.63. The minimum absolute atomic E-state index is 0.0895. The summed E-state index contributed by atoms with van der Waals surface area (Å²) in [6.07, 6.45) is 3.69. The van der Waals surface area contributed by atoms with Gasteiger partial charge in [-0.05, 0) is 25.0 Å². The predicted molar refractivity (Wildman–Crippen MR) is 62.0 cm³/mol. The molecule has 0 unspecified atom stereocenters. The van der Waals surface area contributed by atoms with Gasteiger partial charge < -0.3 is 5.11 Å². The molecule has 0 bridgehead atoms. The molecule has 1 N–H and O–H groups in total. The fourth-order valence-electron chi connectivity index (χ4n) is 2.51. The molecule has 0 aromatic carbocycles. The molecule has 0 aliphatic heterocycles. The van der Waals surface area contributed by atoms with Gasteiger partial charge in [-0.25, -0.2) is 0 Å². The van der Waals surface area contributed by atoms with Gasteiger partial charge in [0.15, 0.2) is 5.78 Å². The molecule has 0 aromatic rings. The van der Waals surface area contributed by atoms with E-state index in [1.807, 2.05) is 20.8 Å². The molecule has 0 aromatic heterocycles. The van der Waals surface area contributed by atoms with Gasteiger partial charge in [0.25, 0.3) is 0 Å². The Kier molecular flexibility index (Phi) is 3.38. The van der Waals surface area contributed by atoms with E-state index in [0.29, 0.717) is 12.8 Å². The van der Waals surface area contributed by atoms with E-state index in [9.17, 15) is 14.7 Å². The predicted octanol–water partition coefficient (Wildman–Crippen LogP) is 1.89. The fourth-order valence-corrected chi connectivity index (χ4v) is 2.51. The average molecular weight is 224 g/mol. The van der Waals surface area contributed by atoms with Crippen LogP contribution >= 0.6 is 0 Å². The van der Waals surface area contributed by atoms with Crippen LogP contribution in [-0.2, 0) is 9.59 Å². The number of carbonyl (C=O) groups is 2. The second-order valence-electron chi connectivity index (χ2n) is 5.47. The van der Waals surface area contributed by atoms with Crippen LogP contribution in [0.5, 0.6) is 0 Å². The van der Waals surface area contributed by atoms with Gasteiger partial charge in [-0.3, -0.25) is 9.59 Å². The Balaban J connectivity index is 3.07. The van der Waals surface area contributed by atoms with Gasteiger partial charge in [-0.1, -0.05) is 20.8 Å². The van der Waals surface area contributed by atoms with Gasteiger partial charge in [-0.15, -0.1) is 0 Å². The van der Waals surface area contributed by atoms with Crippen molar-refractivity contribution in [1.82, 2.24) is 0 Å². The summed E-state index contributed by atoms with van der Waals surface area (Å²) in [6, 6.07) is 0. The number of aliphatic hydroxyl groups is 1. The van der Waals surface area contributed by atoms with E-state index in [2.05, 4.69) is 0 Å². The molecule has 3 nitrogen and oxygen atoms in total. The lowest BCUT2D eigenvalue weighted by atomic mass is 9.60. The Bertz CT molecular complexity index is 341. The first kappa shape index (κ1) is 13.1. The third-order valence-corrected chi connectivity index (χ3v) is 3.58. The van der Waals surface area contributed by atoms with Crippen LogP contribution in [-0.4, -0.2) is 22.3 Å². The van der Waals surface area contributed by atoms with Gasteiger partial charge in [-0.2, -0.15) is 0 Å². The maximum atomic E-state index is 11.5. The van der Waals surface area contributed by atoms with Crippen LogP contribution in [0.2, 0.25) is 0 Å². The fraction of sp³-hybridized carbons (Fsp3) is 0.692. The van der Waals surface area contributed by atoms with Crippen molar-refractivity contribution >= 4 is 11.6 Å². The summed E-state index contributed by atoms with van der Waals surface area (Å²) >= 11 is 0. The van der Waals surface area contributed by atoms with Gasteiger partial charge >= 0.3 is 0 Å². The smallest absolute Gasteiger partial charge is 0.152 e. The van der Waals surface area contributed by atoms with E-state index in [0.717, 1.165) is 0 Å². The summed E-state index contributed by atoms with van der Waals surface area (Å²) in [4.78, 5) is 22.5. The van der Waals surface area contributed by atoms with E-state index < -0.39 is 11.0 Å². The highest BCUT2D eigenvalue weighted by Gasteiger charge is 2.50. The molecular weight excluding hydrogens is 204 g/mol. The van der Waals surface area contributed by atoms with Crippen molar-refractivity contribution in [3.05, 3.63) is 12.2 Å². The monoisotopic (exact) mass is 224 g/mol. The van der Waals surface area contributed by atoms with Crippen molar-refractivity contribution in [1.29, 1.82) is 0 Å². The molecule has 1 saturated carbocycles. The van der Waals surface area contributed by atoms with E-state index in [4.69, 9.17) is 0 Å². The number of ketones is 2. The minimum atomic E-state index is -1.08.